The van der Waals surface area contributed by atoms with E-state index in [-0.39, 0.29) is 5.56 Å². The molecule has 0 N–H and O–H groups in total. The third kappa shape index (κ3) is 3.58. The smallest absolute Gasteiger partial charge is 0.267 e. The monoisotopic (exact) mass is 339 g/mol. The molecule has 6 heteroatoms. The summed E-state index contributed by atoms with van der Waals surface area (Å²) in [5.74, 6) is 0. The highest BCUT2D eigenvalue weighted by atomic mass is 16.1. The van der Waals surface area contributed by atoms with Gasteiger partial charge < -0.3 is 4.90 Å². The van der Waals surface area contributed by atoms with Crippen LogP contribution in [0.4, 0.5) is 5.69 Å². The van der Waals surface area contributed by atoms with Crippen molar-refractivity contribution in [1.29, 1.82) is 0 Å². The highest BCUT2D eigenvalue weighted by Gasteiger charge is 2.18. The molecule has 0 saturated carbocycles. The first kappa shape index (κ1) is 16.3. The van der Waals surface area contributed by atoms with Crippen molar-refractivity contribution in [1.82, 2.24) is 19.7 Å². The van der Waals surface area contributed by atoms with Crippen LogP contribution in [0.3, 0.4) is 0 Å². The maximum absolute atomic E-state index is 12.2. The molecule has 1 aliphatic carbocycles. The van der Waals surface area contributed by atoms with Gasteiger partial charge in [-0.2, -0.15) is 5.10 Å². The zero-order chi connectivity index (χ0) is 17.2. The topological polar surface area (TPSA) is 54.3 Å². The number of hydrogen-bond acceptors (Lipinski definition) is 5. The molecule has 132 valence electrons. The van der Waals surface area contributed by atoms with E-state index in [9.17, 15) is 4.79 Å². The number of pyridine rings is 1. The molecule has 1 fully saturated rings. The quantitative estimate of drug-likeness (QED) is 0.839. The van der Waals surface area contributed by atoms with Crippen LogP contribution in [0.2, 0.25) is 0 Å². The normalized spacial score (nSPS) is 17.7. The van der Waals surface area contributed by atoms with Crippen molar-refractivity contribution in [3.05, 3.63) is 51.7 Å². The van der Waals surface area contributed by atoms with Crippen LogP contribution < -0.4 is 10.5 Å². The lowest BCUT2D eigenvalue weighted by Gasteiger charge is -2.36. The average Bonchev–Trinajstić information content (AvgIpc) is 3.07. The SMILES string of the molecule is Cc1cc(N2CCN(CCn3nc4c(cc3=O)CCC4)CC2)ccn1. The van der Waals surface area contributed by atoms with Gasteiger partial charge in [-0.05, 0) is 43.9 Å². The lowest BCUT2D eigenvalue weighted by Crippen LogP contribution is -2.47. The Morgan fingerprint density at radius 3 is 2.72 bits per heavy atom. The molecular formula is C19H25N5O. The largest absolute Gasteiger partial charge is 0.369 e. The van der Waals surface area contributed by atoms with Crippen molar-refractivity contribution >= 4 is 5.69 Å². The second-order valence-electron chi connectivity index (χ2n) is 7.02. The van der Waals surface area contributed by atoms with Gasteiger partial charge in [-0.1, -0.05) is 0 Å². The molecule has 2 aliphatic rings. The van der Waals surface area contributed by atoms with Gasteiger partial charge in [0.05, 0.1) is 12.2 Å². The van der Waals surface area contributed by atoms with E-state index in [2.05, 4.69) is 32.0 Å². The van der Waals surface area contributed by atoms with Crippen LogP contribution in [0.5, 0.6) is 0 Å². The van der Waals surface area contributed by atoms with Crippen molar-refractivity contribution in [2.24, 2.45) is 0 Å². The predicted octanol–water partition coefficient (Wildman–Crippen LogP) is 1.26. The molecule has 25 heavy (non-hydrogen) atoms. The first-order valence-corrected chi connectivity index (χ1v) is 9.19. The Morgan fingerprint density at radius 2 is 1.92 bits per heavy atom. The molecular weight excluding hydrogens is 314 g/mol. The number of nitrogens with zero attached hydrogens (tertiary/aromatic N) is 5. The molecule has 0 amide bonds. The fourth-order valence-electron chi connectivity index (χ4n) is 3.79. The van der Waals surface area contributed by atoms with Crippen molar-refractivity contribution in [3.8, 4) is 0 Å². The van der Waals surface area contributed by atoms with Crippen LogP contribution in [-0.2, 0) is 19.4 Å². The summed E-state index contributed by atoms with van der Waals surface area (Å²) in [6.45, 7) is 7.64. The Morgan fingerprint density at radius 1 is 1.08 bits per heavy atom. The molecule has 1 aliphatic heterocycles. The van der Waals surface area contributed by atoms with Crippen LogP contribution in [0.1, 0.15) is 23.4 Å². The van der Waals surface area contributed by atoms with Gasteiger partial charge >= 0.3 is 0 Å². The van der Waals surface area contributed by atoms with Gasteiger partial charge in [0.25, 0.3) is 5.56 Å². The third-order valence-corrected chi connectivity index (χ3v) is 5.27. The van der Waals surface area contributed by atoms with Crippen LogP contribution in [-0.4, -0.2) is 52.4 Å². The van der Waals surface area contributed by atoms with Crippen LogP contribution in [0.15, 0.2) is 29.2 Å². The summed E-state index contributed by atoms with van der Waals surface area (Å²) < 4.78 is 1.66. The number of fused-ring (bicyclic) bond motifs is 1. The summed E-state index contributed by atoms with van der Waals surface area (Å²) in [4.78, 5) is 21.3. The lowest BCUT2D eigenvalue weighted by molar-refractivity contribution is 0.242. The molecule has 4 rings (SSSR count). The first-order valence-electron chi connectivity index (χ1n) is 9.19. The van der Waals surface area contributed by atoms with E-state index in [1.54, 1.807) is 10.7 Å². The van der Waals surface area contributed by atoms with Gasteiger partial charge in [-0.15, -0.1) is 0 Å². The number of hydrogen-bond donors (Lipinski definition) is 0. The maximum Gasteiger partial charge on any atom is 0.267 e. The summed E-state index contributed by atoms with van der Waals surface area (Å²) in [6, 6.07) is 6.01. The Labute approximate surface area is 148 Å². The van der Waals surface area contributed by atoms with E-state index >= 15 is 0 Å². The van der Waals surface area contributed by atoms with Crippen molar-refractivity contribution in [2.75, 3.05) is 37.6 Å². The minimum absolute atomic E-state index is 0.0477. The van der Waals surface area contributed by atoms with E-state index in [0.717, 1.165) is 68.9 Å². The molecule has 0 spiro atoms. The first-order chi connectivity index (χ1) is 12.2. The molecule has 0 radical (unpaired) electrons. The van der Waals surface area contributed by atoms with Crippen LogP contribution >= 0.6 is 0 Å². The second-order valence-corrected chi connectivity index (χ2v) is 7.02. The Balaban J connectivity index is 1.33. The molecule has 0 bridgehead atoms. The van der Waals surface area contributed by atoms with E-state index < -0.39 is 0 Å². The van der Waals surface area contributed by atoms with Crippen molar-refractivity contribution in [2.45, 2.75) is 32.7 Å². The number of aryl methyl sites for hydroxylation is 3. The Bertz CT molecular complexity index is 808. The van der Waals surface area contributed by atoms with Gasteiger partial charge in [0.15, 0.2) is 0 Å². The molecule has 3 heterocycles. The predicted molar refractivity (Wildman–Crippen MR) is 98.1 cm³/mol. The van der Waals surface area contributed by atoms with E-state index in [1.807, 2.05) is 13.1 Å². The highest BCUT2D eigenvalue weighted by molar-refractivity contribution is 5.46. The summed E-state index contributed by atoms with van der Waals surface area (Å²) in [7, 11) is 0. The minimum atomic E-state index is 0.0477. The van der Waals surface area contributed by atoms with Gasteiger partial charge in [-0.25, -0.2) is 4.68 Å². The minimum Gasteiger partial charge on any atom is -0.369 e. The molecule has 0 unspecified atom stereocenters. The summed E-state index contributed by atoms with van der Waals surface area (Å²) in [5, 5.41) is 4.57. The molecule has 6 nitrogen and oxygen atoms in total. The molecule has 2 aromatic rings. The summed E-state index contributed by atoms with van der Waals surface area (Å²) in [5.41, 5.74) is 4.64. The lowest BCUT2D eigenvalue weighted by atomic mass is 10.2. The van der Waals surface area contributed by atoms with Crippen molar-refractivity contribution in [3.63, 3.8) is 0 Å². The van der Waals surface area contributed by atoms with E-state index in [1.165, 1.54) is 5.69 Å². The van der Waals surface area contributed by atoms with Crippen LogP contribution in [0.25, 0.3) is 0 Å². The van der Waals surface area contributed by atoms with Gasteiger partial charge in [0.2, 0.25) is 0 Å². The Hall–Kier alpha value is -2.21. The van der Waals surface area contributed by atoms with Crippen molar-refractivity contribution < 1.29 is 0 Å². The zero-order valence-corrected chi connectivity index (χ0v) is 14.8. The maximum atomic E-state index is 12.2. The number of anilines is 1. The number of piperazine rings is 1. The fourth-order valence-corrected chi connectivity index (χ4v) is 3.79. The third-order valence-electron chi connectivity index (χ3n) is 5.27. The average molecular weight is 339 g/mol. The zero-order valence-electron chi connectivity index (χ0n) is 14.8. The molecule has 1 saturated heterocycles. The molecule has 2 aromatic heterocycles. The van der Waals surface area contributed by atoms with Gasteiger partial charge in [0, 0.05) is 56.4 Å². The standard InChI is InChI=1S/C19H25N5O/c1-15-13-17(5-6-20-15)23-10-7-22(8-11-23)9-12-24-19(25)14-16-3-2-4-18(16)21-24/h5-6,13-14H,2-4,7-12H2,1H3. The summed E-state index contributed by atoms with van der Waals surface area (Å²) in [6.07, 6.45) is 5.03. The van der Waals surface area contributed by atoms with Gasteiger partial charge in [-0.3, -0.25) is 14.7 Å². The second kappa shape index (κ2) is 6.96. The van der Waals surface area contributed by atoms with E-state index in [4.69, 9.17) is 0 Å². The summed E-state index contributed by atoms with van der Waals surface area (Å²) >= 11 is 0. The van der Waals surface area contributed by atoms with Gasteiger partial charge in [0.1, 0.15) is 0 Å². The highest BCUT2D eigenvalue weighted by Crippen LogP contribution is 2.18. The molecule has 0 atom stereocenters. The van der Waals surface area contributed by atoms with Crippen LogP contribution in [0, 0.1) is 6.92 Å². The number of rotatable bonds is 4. The molecule has 0 aromatic carbocycles. The Kier molecular flexibility index (Phi) is 4.53. The number of aromatic nitrogens is 3. The fraction of sp³-hybridized carbons (Fsp3) is 0.526. The van der Waals surface area contributed by atoms with E-state index in [0.29, 0.717) is 6.54 Å².